The molecule has 0 radical (unpaired) electrons. The molecule has 1 amide bonds. The van der Waals surface area contributed by atoms with E-state index in [1.165, 1.54) is 6.92 Å². The second-order valence-corrected chi connectivity index (χ2v) is 2.64. The Balaban J connectivity index is 2.90. The number of hydrogen-bond donors (Lipinski definition) is 0. The third-order valence-electron chi connectivity index (χ3n) is 1.70. The Morgan fingerprint density at radius 2 is 2.08 bits per heavy atom. The van der Waals surface area contributed by atoms with Crippen LogP contribution in [0.3, 0.4) is 0 Å². The zero-order valence-electron chi connectivity index (χ0n) is 7.53. The molecule has 0 N–H and O–H groups in total. The van der Waals surface area contributed by atoms with Gasteiger partial charge in [0.15, 0.2) is 0 Å². The Kier molecular flexibility index (Phi) is 3.10. The van der Waals surface area contributed by atoms with Gasteiger partial charge in [-0.3, -0.25) is 4.79 Å². The smallest absolute Gasteiger partial charge is 0.224 e. The van der Waals surface area contributed by atoms with Gasteiger partial charge >= 0.3 is 0 Å². The molecule has 13 heavy (non-hydrogen) atoms. The van der Waals surface area contributed by atoms with Gasteiger partial charge in [0.1, 0.15) is 0 Å². The van der Waals surface area contributed by atoms with Gasteiger partial charge in [-0.1, -0.05) is 24.1 Å². The first kappa shape index (κ1) is 9.34. The molecule has 0 bridgehead atoms. The van der Waals surface area contributed by atoms with Crippen LogP contribution in [0, 0.1) is 12.3 Å². The predicted molar refractivity (Wildman–Crippen MR) is 53.3 cm³/mol. The average molecular weight is 173 g/mol. The highest BCUT2D eigenvalue weighted by molar-refractivity contribution is 5.91. The Morgan fingerprint density at radius 1 is 1.46 bits per heavy atom. The van der Waals surface area contributed by atoms with Crippen molar-refractivity contribution in [2.45, 2.75) is 6.92 Å². The van der Waals surface area contributed by atoms with Gasteiger partial charge in [0.25, 0.3) is 0 Å². The molecule has 0 saturated heterocycles. The second-order valence-electron chi connectivity index (χ2n) is 2.64. The van der Waals surface area contributed by atoms with Gasteiger partial charge < -0.3 is 4.90 Å². The van der Waals surface area contributed by atoms with Crippen LogP contribution in [0.1, 0.15) is 6.92 Å². The highest BCUT2D eigenvalue weighted by atomic mass is 16.2. The minimum atomic E-state index is -0.0378. The summed E-state index contributed by atoms with van der Waals surface area (Å²) in [4.78, 5) is 12.7. The molecule has 0 aromatic heterocycles. The first-order valence-electron chi connectivity index (χ1n) is 4.02. The van der Waals surface area contributed by atoms with E-state index in [1.807, 2.05) is 30.3 Å². The molecule has 1 rings (SSSR count). The fourth-order valence-corrected chi connectivity index (χ4v) is 1.08. The number of rotatable bonds is 2. The van der Waals surface area contributed by atoms with Crippen molar-refractivity contribution >= 4 is 11.6 Å². The third kappa shape index (κ3) is 2.34. The molecule has 0 heterocycles. The van der Waals surface area contributed by atoms with Crippen molar-refractivity contribution in [3.63, 3.8) is 0 Å². The van der Waals surface area contributed by atoms with Crippen LogP contribution in [0.2, 0.25) is 0 Å². The van der Waals surface area contributed by atoms with Crippen molar-refractivity contribution in [3.8, 4) is 12.3 Å². The van der Waals surface area contributed by atoms with Crippen molar-refractivity contribution in [1.29, 1.82) is 0 Å². The van der Waals surface area contributed by atoms with Crippen molar-refractivity contribution in [2.75, 3.05) is 11.4 Å². The van der Waals surface area contributed by atoms with Gasteiger partial charge in [0, 0.05) is 12.6 Å². The average Bonchev–Trinajstić information content (AvgIpc) is 2.15. The molecular formula is C11H11NO. The fraction of sp³-hybridized carbons (Fsp3) is 0.182. The van der Waals surface area contributed by atoms with Crippen molar-refractivity contribution < 1.29 is 4.79 Å². The lowest BCUT2D eigenvalue weighted by Gasteiger charge is -2.17. The standard InChI is InChI=1S/C11H11NO/c1-3-9-12(10(2)13)11-7-5-4-6-8-11/h1,4-8H,9H2,2H3. The minimum Gasteiger partial charge on any atom is -0.301 e. The number of terminal acetylenes is 1. The van der Waals surface area contributed by atoms with Crippen LogP contribution in [0.25, 0.3) is 0 Å². The summed E-state index contributed by atoms with van der Waals surface area (Å²) >= 11 is 0. The number of anilines is 1. The number of carbonyl (C=O) groups excluding carboxylic acids is 1. The molecule has 0 aliphatic carbocycles. The highest BCUT2D eigenvalue weighted by Crippen LogP contribution is 2.12. The number of carbonyl (C=O) groups is 1. The van der Waals surface area contributed by atoms with Crippen LogP contribution in [0.15, 0.2) is 30.3 Å². The molecule has 0 atom stereocenters. The van der Waals surface area contributed by atoms with Gasteiger partial charge in [0.2, 0.25) is 5.91 Å². The maximum Gasteiger partial charge on any atom is 0.224 e. The van der Waals surface area contributed by atoms with E-state index >= 15 is 0 Å². The van der Waals surface area contributed by atoms with Gasteiger partial charge in [-0.05, 0) is 12.1 Å². The quantitative estimate of drug-likeness (QED) is 0.623. The largest absolute Gasteiger partial charge is 0.301 e. The number of para-hydroxylation sites is 1. The summed E-state index contributed by atoms with van der Waals surface area (Å²) in [6.07, 6.45) is 5.16. The minimum absolute atomic E-state index is 0.0378. The third-order valence-corrected chi connectivity index (χ3v) is 1.70. The van der Waals surface area contributed by atoms with E-state index in [0.29, 0.717) is 6.54 Å². The molecule has 0 saturated carbocycles. The molecular weight excluding hydrogens is 162 g/mol. The summed E-state index contributed by atoms with van der Waals surface area (Å²) in [5.41, 5.74) is 0.841. The predicted octanol–water partition coefficient (Wildman–Crippen LogP) is 1.67. The van der Waals surface area contributed by atoms with Crippen LogP contribution in [0.4, 0.5) is 5.69 Å². The maximum absolute atomic E-state index is 11.2. The van der Waals surface area contributed by atoms with Gasteiger partial charge in [-0.25, -0.2) is 0 Å². The van der Waals surface area contributed by atoms with Crippen molar-refractivity contribution in [3.05, 3.63) is 30.3 Å². The topological polar surface area (TPSA) is 20.3 Å². The van der Waals surface area contributed by atoms with E-state index in [2.05, 4.69) is 5.92 Å². The number of benzene rings is 1. The van der Waals surface area contributed by atoms with Gasteiger partial charge in [-0.2, -0.15) is 0 Å². The molecule has 1 aromatic carbocycles. The summed E-state index contributed by atoms with van der Waals surface area (Å²) < 4.78 is 0. The van der Waals surface area contributed by atoms with E-state index in [-0.39, 0.29) is 5.91 Å². The van der Waals surface area contributed by atoms with Crippen molar-refractivity contribution in [2.24, 2.45) is 0 Å². The summed E-state index contributed by atoms with van der Waals surface area (Å²) in [5.74, 6) is 2.41. The summed E-state index contributed by atoms with van der Waals surface area (Å²) in [5, 5.41) is 0. The molecule has 0 aliphatic heterocycles. The Hall–Kier alpha value is -1.75. The van der Waals surface area contributed by atoms with E-state index in [0.717, 1.165) is 5.69 Å². The SMILES string of the molecule is C#CCN(C(C)=O)c1ccccc1. The fourth-order valence-electron chi connectivity index (χ4n) is 1.08. The van der Waals surface area contributed by atoms with E-state index in [1.54, 1.807) is 4.90 Å². The number of hydrogen-bond acceptors (Lipinski definition) is 1. The molecule has 2 heteroatoms. The van der Waals surface area contributed by atoms with Crippen LogP contribution in [0.5, 0.6) is 0 Å². The highest BCUT2D eigenvalue weighted by Gasteiger charge is 2.07. The molecule has 0 aliphatic rings. The molecule has 1 aromatic rings. The molecule has 66 valence electrons. The summed E-state index contributed by atoms with van der Waals surface area (Å²) in [6, 6.07) is 9.37. The van der Waals surface area contributed by atoms with Crippen LogP contribution in [-0.2, 0) is 4.79 Å². The molecule has 0 fully saturated rings. The van der Waals surface area contributed by atoms with Crippen LogP contribution < -0.4 is 4.90 Å². The lowest BCUT2D eigenvalue weighted by molar-refractivity contribution is -0.116. The molecule has 0 spiro atoms. The van der Waals surface area contributed by atoms with Crippen molar-refractivity contribution in [1.82, 2.24) is 0 Å². The van der Waals surface area contributed by atoms with Gasteiger partial charge in [0.05, 0.1) is 6.54 Å². The molecule has 2 nitrogen and oxygen atoms in total. The monoisotopic (exact) mass is 173 g/mol. The zero-order valence-corrected chi connectivity index (χ0v) is 7.53. The number of amides is 1. The Labute approximate surface area is 78.2 Å². The Morgan fingerprint density at radius 3 is 2.54 bits per heavy atom. The summed E-state index contributed by atoms with van der Waals surface area (Å²) in [6.45, 7) is 1.82. The second kappa shape index (κ2) is 4.32. The lowest BCUT2D eigenvalue weighted by atomic mass is 10.3. The first-order chi connectivity index (χ1) is 6.25. The number of nitrogens with zero attached hydrogens (tertiary/aromatic N) is 1. The molecule has 0 unspecified atom stereocenters. The lowest BCUT2D eigenvalue weighted by Crippen LogP contribution is -2.28. The normalized spacial score (nSPS) is 8.92. The summed E-state index contributed by atoms with van der Waals surface area (Å²) in [7, 11) is 0. The van der Waals surface area contributed by atoms with Crippen LogP contribution >= 0.6 is 0 Å². The van der Waals surface area contributed by atoms with Gasteiger partial charge in [-0.15, -0.1) is 6.42 Å². The van der Waals surface area contributed by atoms with Crippen LogP contribution in [-0.4, -0.2) is 12.5 Å². The first-order valence-corrected chi connectivity index (χ1v) is 4.02. The van der Waals surface area contributed by atoms with E-state index < -0.39 is 0 Å². The zero-order chi connectivity index (χ0) is 9.68. The maximum atomic E-state index is 11.2. The Bertz CT molecular complexity index is 324. The van der Waals surface area contributed by atoms with E-state index in [9.17, 15) is 4.79 Å². The van der Waals surface area contributed by atoms with E-state index in [4.69, 9.17) is 6.42 Å².